The standard InChI is InChI=1S/C15H17FN6/c1-11-15(17-7-13-9-21(2)10-18-13)19-20-22(11)8-12-5-3-4-6-14(12)16/h3-6,9-10,17H,7-8H2,1-2H3. The zero-order valence-electron chi connectivity index (χ0n) is 12.5. The summed E-state index contributed by atoms with van der Waals surface area (Å²) in [5.74, 6) is 0.447. The number of hydrogen-bond acceptors (Lipinski definition) is 4. The molecule has 0 saturated heterocycles. The number of nitrogens with one attached hydrogen (secondary N) is 1. The number of halogens is 1. The first-order valence-electron chi connectivity index (χ1n) is 6.97. The van der Waals surface area contributed by atoms with Crippen molar-refractivity contribution >= 4 is 5.82 Å². The van der Waals surface area contributed by atoms with Crippen molar-refractivity contribution in [2.45, 2.75) is 20.0 Å². The highest BCUT2D eigenvalue weighted by molar-refractivity contribution is 5.39. The first-order valence-corrected chi connectivity index (χ1v) is 6.97. The molecule has 2 heterocycles. The maximum absolute atomic E-state index is 13.7. The summed E-state index contributed by atoms with van der Waals surface area (Å²) in [5, 5.41) is 11.4. The largest absolute Gasteiger partial charge is 0.361 e. The van der Waals surface area contributed by atoms with Gasteiger partial charge in [-0.1, -0.05) is 23.4 Å². The number of hydrogen-bond donors (Lipinski definition) is 1. The van der Waals surface area contributed by atoms with Gasteiger partial charge >= 0.3 is 0 Å². The van der Waals surface area contributed by atoms with Crippen molar-refractivity contribution in [3.05, 3.63) is 59.6 Å². The summed E-state index contributed by atoms with van der Waals surface area (Å²) in [6.07, 6.45) is 3.69. The molecule has 0 unspecified atom stereocenters. The average Bonchev–Trinajstić information content (AvgIpc) is 3.07. The molecule has 0 aliphatic rings. The number of benzene rings is 1. The molecule has 0 spiro atoms. The van der Waals surface area contributed by atoms with Gasteiger partial charge in [-0.3, -0.25) is 0 Å². The zero-order valence-corrected chi connectivity index (χ0v) is 12.5. The van der Waals surface area contributed by atoms with E-state index in [1.54, 1.807) is 23.1 Å². The molecule has 0 aliphatic carbocycles. The molecule has 22 heavy (non-hydrogen) atoms. The van der Waals surface area contributed by atoms with E-state index >= 15 is 0 Å². The monoisotopic (exact) mass is 300 g/mol. The topological polar surface area (TPSA) is 60.6 Å². The van der Waals surface area contributed by atoms with Crippen LogP contribution < -0.4 is 5.32 Å². The lowest BCUT2D eigenvalue weighted by Crippen LogP contribution is -2.06. The number of anilines is 1. The van der Waals surface area contributed by atoms with E-state index in [0.717, 1.165) is 11.4 Å². The van der Waals surface area contributed by atoms with E-state index in [-0.39, 0.29) is 5.82 Å². The molecule has 7 heteroatoms. The highest BCUT2D eigenvalue weighted by Gasteiger charge is 2.10. The lowest BCUT2D eigenvalue weighted by atomic mass is 10.2. The Morgan fingerprint density at radius 2 is 2.09 bits per heavy atom. The molecule has 2 aromatic heterocycles. The van der Waals surface area contributed by atoms with Gasteiger partial charge in [0.1, 0.15) is 5.82 Å². The van der Waals surface area contributed by atoms with Crippen molar-refractivity contribution in [2.75, 3.05) is 5.32 Å². The molecule has 0 saturated carbocycles. The van der Waals surface area contributed by atoms with Crippen molar-refractivity contribution in [3.63, 3.8) is 0 Å². The van der Waals surface area contributed by atoms with Crippen LogP contribution in [-0.4, -0.2) is 24.5 Å². The minimum atomic E-state index is -0.236. The summed E-state index contributed by atoms with van der Waals surface area (Å²) in [5.41, 5.74) is 2.37. The quantitative estimate of drug-likeness (QED) is 0.784. The van der Waals surface area contributed by atoms with Crippen LogP contribution in [0.3, 0.4) is 0 Å². The van der Waals surface area contributed by atoms with Gasteiger partial charge in [0.2, 0.25) is 0 Å². The minimum Gasteiger partial charge on any atom is -0.361 e. The van der Waals surface area contributed by atoms with E-state index in [4.69, 9.17) is 0 Å². The number of nitrogens with zero attached hydrogens (tertiary/aromatic N) is 5. The normalized spacial score (nSPS) is 10.9. The van der Waals surface area contributed by atoms with Gasteiger partial charge in [-0.2, -0.15) is 0 Å². The molecule has 1 aromatic carbocycles. The third-order valence-corrected chi connectivity index (χ3v) is 3.46. The van der Waals surface area contributed by atoms with Gasteiger partial charge in [-0.25, -0.2) is 14.1 Å². The van der Waals surface area contributed by atoms with Crippen LogP contribution in [-0.2, 0) is 20.1 Å². The van der Waals surface area contributed by atoms with E-state index in [9.17, 15) is 4.39 Å². The van der Waals surface area contributed by atoms with Crippen LogP contribution >= 0.6 is 0 Å². The van der Waals surface area contributed by atoms with Crippen LogP contribution in [0.25, 0.3) is 0 Å². The molecule has 6 nitrogen and oxygen atoms in total. The fourth-order valence-corrected chi connectivity index (χ4v) is 2.19. The lowest BCUT2D eigenvalue weighted by Gasteiger charge is -2.06. The molecule has 0 bridgehead atoms. The van der Waals surface area contributed by atoms with Crippen LogP contribution in [0, 0.1) is 12.7 Å². The Balaban J connectivity index is 1.70. The Bertz CT molecular complexity index is 776. The van der Waals surface area contributed by atoms with E-state index in [1.807, 2.05) is 30.8 Å². The molecule has 3 aromatic rings. The molecule has 3 rings (SSSR count). The first kappa shape index (κ1) is 14.2. The highest BCUT2D eigenvalue weighted by atomic mass is 19.1. The van der Waals surface area contributed by atoms with E-state index in [2.05, 4.69) is 20.6 Å². The van der Waals surface area contributed by atoms with E-state index in [0.29, 0.717) is 24.5 Å². The van der Waals surface area contributed by atoms with Gasteiger partial charge in [-0.15, -0.1) is 5.10 Å². The van der Waals surface area contributed by atoms with Gasteiger partial charge in [0.25, 0.3) is 0 Å². The Morgan fingerprint density at radius 1 is 1.27 bits per heavy atom. The number of rotatable bonds is 5. The Morgan fingerprint density at radius 3 is 2.82 bits per heavy atom. The minimum absolute atomic E-state index is 0.236. The van der Waals surface area contributed by atoms with Gasteiger partial charge in [0, 0.05) is 18.8 Å². The van der Waals surface area contributed by atoms with Crippen molar-refractivity contribution in [1.29, 1.82) is 0 Å². The third kappa shape index (κ3) is 2.98. The molecule has 0 radical (unpaired) electrons. The SMILES string of the molecule is Cc1c(NCc2cn(C)cn2)nnn1Cc1ccccc1F. The average molecular weight is 300 g/mol. The second-order valence-electron chi connectivity index (χ2n) is 5.16. The molecule has 114 valence electrons. The summed E-state index contributed by atoms with van der Waals surface area (Å²) < 4.78 is 17.3. The molecule has 1 N–H and O–H groups in total. The van der Waals surface area contributed by atoms with Crippen LogP contribution in [0.2, 0.25) is 0 Å². The lowest BCUT2D eigenvalue weighted by molar-refractivity contribution is 0.571. The third-order valence-electron chi connectivity index (χ3n) is 3.46. The maximum atomic E-state index is 13.7. The Labute approximate surface area is 127 Å². The van der Waals surface area contributed by atoms with Crippen LogP contribution in [0.15, 0.2) is 36.8 Å². The van der Waals surface area contributed by atoms with Crippen molar-refractivity contribution < 1.29 is 4.39 Å². The summed E-state index contributed by atoms with van der Waals surface area (Å²) in [7, 11) is 1.92. The molecule has 0 amide bonds. The van der Waals surface area contributed by atoms with E-state index < -0.39 is 0 Å². The van der Waals surface area contributed by atoms with Gasteiger partial charge in [0.15, 0.2) is 5.82 Å². The molecule has 0 aliphatic heterocycles. The van der Waals surface area contributed by atoms with Crippen molar-refractivity contribution in [3.8, 4) is 0 Å². The summed E-state index contributed by atoms with van der Waals surface area (Å²) in [6, 6.07) is 6.68. The predicted octanol–water partition coefficient (Wildman–Crippen LogP) is 2.12. The second kappa shape index (κ2) is 5.97. The predicted molar refractivity (Wildman–Crippen MR) is 80.8 cm³/mol. The zero-order chi connectivity index (χ0) is 15.5. The van der Waals surface area contributed by atoms with Gasteiger partial charge < -0.3 is 9.88 Å². The molecular weight excluding hydrogens is 283 g/mol. The highest BCUT2D eigenvalue weighted by Crippen LogP contribution is 2.14. The first-order chi connectivity index (χ1) is 10.6. The fraction of sp³-hybridized carbons (Fsp3) is 0.267. The molecule has 0 fully saturated rings. The second-order valence-corrected chi connectivity index (χ2v) is 5.16. The van der Waals surface area contributed by atoms with Crippen molar-refractivity contribution in [2.24, 2.45) is 7.05 Å². The van der Waals surface area contributed by atoms with Crippen LogP contribution in [0.4, 0.5) is 10.2 Å². The van der Waals surface area contributed by atoms with Crippen LogP contribution in [0.5, 0.6) is 0 Å². The van der Waals surface area contributed by atoms with E-state index in [1.165, 1.54) is 6.07 Å². The van der Waals surface area contributed by atoms with Gasteiger partial charge in [0.05, 0.1) is 30.8 Å². The molecular formula is C15H17FN6. The fourth-order valence-electron chi connectivity index (χ4n) is 2.19. The summed E-state index contributed by atoms with van der Waals surface area (Å²) in [4.78, 5) is 4.24. The van der Waals surface area contributed by atoms with Crippen LogP contribution in [0.1, 0.15) is 17.0 Å². The Hall–Kier alpha value is -2.70. The smallest absolute Gasteiger partial charge is 0.171 e. The maximum Gasteiger partial charge on any atom is 0.171 e. The van der Waals surface area contributed by atoms with Crippen molar-refractivity contribution in [1.82, 2.24) is 24.5 Å². The molecule has 0 atom stereocenters. The summed E-state index contributed by atoms with van der Waals surface area (Å²) in [6.45, 7) is 2.83. The Kier molecular flexibility index (Phi) is 3.86. The number of aromatic nitrogens is 5. The number of imidazole rings is 1. The van der Waals surface area contributed by atoms with Gasteiger partial charge in [-0.05, 0) is 13.0 Å². The summed E-state index contributed by atoms with van der Waals surface area (Å²) >= 11 is 0. The number of aryl methyl sites for hydroxylation is 1.